The summed E-state index contributed by atoms with van der Waals surface area (Å²) in [5.41, 5.74) is 3.46. The molecule has 7 nitrogen and oxygen atoms in total. The summed E-state index contributed by atoms with van der Waals surface area (Å²) in [5, 5.41) is 1.08. The van der Waals surface area contributed by atoms with Gasteiger partial charge in [-0.05, 0) is 37.3 Å². The molecule has 2 aliphatic rings. The van der Waals surface area contributed by atoms with Crippen LogP contribution in [0.15, 0.2) is 35.3 Å². The molecule has 1 aromatic carbocycles. The number of rotatable bonds is 3. The first kappa shape index (κ1) is 18.0. The molecule has 5 rings (SSSR count). The number of para-hydroxylation sites is 1. The highest BCUT2D eigenvalue weighted by molar-refractivity contribution is 5.89. The first-order chi connectivity index (χ1) is 14.2. The van der Waals surface area contributed by atoms with E-state index in [2.05, 4.69) is 14.9 Å². The Kier molecular flexibility index (Phi) is 4.58. The van der Waals surface area contributed by atoms with E-state index in [1.165, 1.54) is 6.42 Å². The predicted molar refractivity (Wildman–Crippen MR) is 112 cm³/mol. The van der Waals surface area contributed by atoms with Crippen molar-refractivity contribution in [1.29, 1.82) is 0 Å². The van der Waals surface area contributed by atoms with E-state index in [4.69, 9.17) is 4.98 Å². The van der Waals surface area contributed by atoms with Gasteiger partial charge in [-0.15, -0.1) is 0 Å². The smallest absolute Gasteiger partial charge is 0.255 e. The number of piperidine rings is 1. The van der Waals surface area contributed by atoms with Crippen molar-refractivity contribution in [3.8, 4) is 0 Å². The summed E-state index contributed by atoms with van der Waals surface area (Å²) < 4.78 is 0. The molecule has 2 N–H and O–H groups in total. The van der Waals surface area contributed by atoms with E-state index in [1.54, 1.807) is 0 Å². The second kappa shape index (κ2) is 7.39. The minimum Gasteiger partial charge on any atom is -0.361 e. The van der Waals surface area contributed by atoms with Crippen LogP contribution in [0.3, 0.4) is 0 Å². The number of hydrogen-bond acceptors (Lipinski definition) is 4. The van der Waals surface area contributed by atoms with Crippen LogP contribution in [-0.4, -0.2) is 45.4 Å². The maximum Gasteiger partial charge on any atom is 0.255 e. The van der Waals surface area contributed by atoms with Crippen LogP contribution in [0.2, 0.25) is 0 Å². The third kappa shape index (κ3) is 3.41. The molecule has 0 unspecified atom stereocenters. The van der Waals surface area contributed by atoms with Gasteiger partial charge in [-0.2, -0.15) is 0 Å². The van der Waals surface area contributed by atoms with Crippen LogP contribution >= 0.6 is 0 Å². The highest BCUT2D eigenvalue weighted by Crippen LogP contribution is 2.22. The Bertz CT molecular complexity index is 1110. The average molecular weight is 391 g/mol. The van der Waals surface area contributed by atoms with Crippen LogP contribution in [0.25, 0.3) is 10.9 Å². The fraction of sp³-hybridized carbons (Fsp3) is 0.409. The molecule has 0 atom stereocenters. The van der Waals surface area contributed by atoms with Crippen LogP contribution < -0.4 is 10.5 Å². The van der Waals surface area contributed by atoms with E-state index in [1.807, 2.05) is 35.4 Å². The molecule has 7 heteroatoms. The Labute approximate surface area is 168 Å². The van der Waals surface area contributed by atoms with Crippen molar-refractivity contribution >= 4 is 22.8 Å². The number of benzene rings is 1. The summed E-state index contributed by atoms with van der Waals surface area (Å²) in [7, 11) is 0. The third-order valence-electron chi connectivity index (χ3n) is 6.09. The number of anilines is 1. The average Bonchev–Trinajstić information content (AvgIpc) is 3.17. The molecule has 0 radical (unpaired) electrons. The highest BCUT2D eigenvalue weighted by atomic mass is 16.2. The number of hydrogen-bond donors (Lipinski definition) is 2. The lowest BCUT2D eigenvalue weighted by molar-refractivity contribution is -0.131. The van der Waals surface area contributed by atoms with E-state index in [9.17, 15) is 9.59 Å². The lowest BCUT2D eigenvalue weighted by atomic mass is 10.0. The standard InChI is InChI=1S/C22H25N5O2/c28-20(12-15-13-23-18-7-3-2-6-16(15)18)27-11-8-17-19(14-27)24-22(25-21(17)29)26-9-4-1-5-10-26/h2-3,6-7,13,23H,1,4-5,8-12,14H2,(H,24,25,29). The number of amides is 1. The molecule has 2 aliphatic heterocycles. The van der Waals surface area contributed by atoms with Gasteiger partial charge in [0.05, 0.1) is 18.7 Å². The van der Waals surface area contributed by atoms with Crippen LogP contribution in [0.5, 0.6) is 0 Å². The van der Waals surface area contributed by atoms with Crippen LogP contribution in [0.4, 0.5) is 5.95 Å². The molecular weight excluding hydrogens is 366 g/mol. The van der Waals surface area contributed by atoms with Crippen LogP contribution in [0, 0.1) is 0 Å². The van der Waals surface area contributed by atoms with Crippen molar-refractivity contribution in [3.05, 3.63) is 57.6 Å². The second-order valence-corrected chi connectivity index (χ2v) is 7.96. The van der Waals surface area contributed by atoms with Crippen molar-refractivity contribution < 1.29 is 4.79 Å². The molecule has 29 heavy (non-hydrogen) atoms. The van der Waals surface area contributed by atoms with Gasteiger partial charge in [-0.1, -0.05) is 18.2 Å². The number of nitrogens with zero attached hydrogens (tertiary/aromatic N) is 3. The number of nitrogens with one attached hydrogen (secondary N) is 2. The number of carbonyl (C=O) groups excluding carboxylic acids is 1. The first-order valence-corrected chi connectivity index (χ1v) is 10.4. The van der Waals surface area contributed by atoms with Gasteiger partial charge in [0.25, 0.3) is 5.56 Å². The van der Waals surface area contributed by atoms with Gasteiger partial charge in [0.2, 0.25) is 11.9 Å². The number of carbonyl (C=O) groups is 1. The van der Waals surface area contributed by atoms with E-state index in [0.717, 1.165) is 53.7 Å². The summed E-state index contributed by atoms with van der Waals surface area (Å²) in [6.45, 7) is 2.80. The van der Waals surface area contributed by atoms with Gasteiger partial charge in [0.1, 0.15) is 0 Å². The Morgan fingerprint density at radius 1 is 1.10 bits per heavy atom. The summed E-state index contributed by atoms with van der Waals surface area (Å²) in [6, 6.07) is 8.01. The molecule has 0 saturated carbocycles. The Hall–Kier alpha value is -3.09. The molecule has 0 bridgehead atoms. The first-order valence-electron chi connectivity index (χ1n) is 10.4. The fourth-order valence-electron chi connectivity index (χ4n) is 4.45. The Morgan fingerprint density at radius 3 is 2.79 bits per heavy atom. The minimum atomic E-state index is -0.0562. The largest absolute Gasteiger partial charge is 0.361 e. The molecule has 3 aromatic rings. The van der Waals surface area contributed by atoms with E-state index < -0.39 is 0 Å². The predicted octanol–water partition coefficient (Wildman–Crippen LogP) is 2.37. The molecular formula is C22H25N5O2. The van der Waals surface area contributed by atoms with Crippen molar-refractivity contribution in [3.63, 3.8) is 0 Å². The van der Waals surface area contributed by atoms with Crippen LogP contribution in [-0.2, 0) is 24.2 Å². The van der Waals surface area contributed by atoms with Gasteiger partial charge in [-0.25, -0.2) is 4.98 Å². The summed E-state index contributed by atoms with van der Waals surface area (Å²) in [6.07, 6.45) is 6.28. The van der Waals surface area contributed by atoms with Gasteiger partial charge < -0.3 is 14.8 Å². The van der Waals surface area contributed by atoms with Gasteiger partial charge in [-0.3, -0.25) is 14.6 Å². The summed E-state index contributed by atoms with van der Waals surface area (Å²) in [4.78, 5) is 40.5. The quantitative estimate of drug-likeness (QED) is 0.718. The lowest BCUT2D eigenvalue weighted by Gasteiger charge is -2.31. The molecule has 0 spiro atoms. The summed E-state index contributed by atoms with van der Waals surface area (Å²) in [5.74, 6) is 0.724. The molecule has 1 fully saturated rings. The zero-order valence-corrected chi connectivity index (χ0v) is 16.4. The number of H-pyrrole nitrogens is 2. The maximum atomic E-state index is 13.0. The third-order valence-corrected chi connectivity index (χ3v) is 6.09. The van der Waals surface area contributed by atoms with Gasteiger partial charge >= 0.3 is 0 Å². The Balaban J connectivity index is 1.36. The van der Waals surface area contributed by atoms with E-state index in [-0.39, 0.29) is 11.5 Å². The molecule has 1 saturated heterocycles. The second-order valence-electron chi connectivity index (χ2n) is 7.96. The highest BCUT2D eigenvalue weighted by Gasteiger charge is 2.26. The topological polar surface area (TPSA) is 85.1 Å². The minimum absolute atomic E-state index is 0.0562. The maximum absolute atomic E-state index is 13.0. The monoisotopic (exact) mass is 391 g/mol. The molecule has 1 amide bonds. The molecule has 4 heterocycles. The Morgan fingerprint density at radius 2 is 1.93 bits per heavy atom. The molecule has 2 aromatic heterocycles. The van der Waals surface area contributed by atoms with Crippen molar-refractivity contribution in [2.24, 2.45) is 0 Å². The van der Waals surface area contributed by atoms with Crippen molar-refractivity contribution in [2.75, 3.05) is 24.5 Å². The van der Waals surface area contributed by atoms with Gasteiger partial charge in [0.15, 0.2) is 0 Å². The zero-order chi connectivity index (χ0) is 19.8. The van der Waals surface area contributed by atoms with E-state index in [0.29, 0.717) is 31.9 Å². The molecule has 0 aliphatic carbocycles. The number of fused-ring (bicyclic) bond motifs is 2. The molecule has 150 valence electrons. The number of aromatic nitrogens is 3. The normalized spacial score (nSPS) is 16.8. The fourth-order valence-corrected chi connectivity index (χ4v) is 4.45. The lowest BCUT2D eigenvalue weighted by Crippen LogP contribution is -2.41. The SMILES string of the molecule is O=C(Cc1c[nH]c2ccccc12)N1CCc2c(nc(N3CCCCC3)[nH]c2=O)C1. The zero-order valence-electron chi connectivity index (χ0n) is 16.4. The van der Waals surface area contributed by atoms with Gasteiger partial charge in [0, 0.05) is 42.3 Å². The summed E-state index contributed by atoms with van der Waals surface area (Å²) >= 11 is 0. The van der Waals surface area contributed by atoms with Crippen molar-refractivity contribution in [2.45, 2.75) is 38.6 Å². The van der Waals surface area contributed by atoms with Crippen LogP contribution in [0.1, 0.15) is 36.1 Å². The van der Waals surface area contributed by atoms with Crippen molar-refractivity contribution in [1.82, 2.24) is 19.9 Å². The van der Waals surface area contributed by atoms with E-state index >= 15 is 0 Å². The number of aromatic amines is 2.